The summed E-state index contributed by atoms with van der Waals surface area (Å²) in [6, 6.07) is 0. The van der Waals surface area contributed by atoms with E-state index in [0.717, 1.165) is 5.57 Å². The lowest BCUT2D eigenvalue weighted by atomic mass is 9.44. The van der Waals surface area contributed by atoms with E-state index in [4.69, 9.17) is 0 Å². The van der Waals surface area contributed by atoms with Crippen LogP contribution in [0.3, 0.4) is 0 Å². The van der Waals surface area contributed by atoms with Gasteiger partial charge < -0.3 is 15.3 Å². The van der Waals surface area contributed by atoms with Crippen molar-refractivity contribution in [3.8, 4) is 0 Å². The van der Waals surface area contributed by atoms with E-state index in [1.807, 2.05) is 13.8 Å². The zero-order valence-electron chi connectivity index (χ0n) is 16.0. The maximum atomic E-state index is 16.8. The van der Waals surface area contributed by atoms with Gasteiger partial charge in [-0.1, -0.05) is 25.5 Å². The fourth-order valence-corrected chi connectivity index (χ4v) is 7.30. The van der Waals surface area contributed by atoms with Crippen LogP contribution in [0.4, 0.5) is 4.39 Å². The molecular weight excluding hydrogens is 335 g/mol. The lowest BCUT2D eigenvalue weighted by Crippen LogP contribution is -2.69. The molecule has 8 atom stereocenters. The van der Waals surface area contributed by atoms with Gasteiger partial charge in [-0.3, -0.25) is 4.79 Å². The van der Waals surface area contributed by atoms with Gasteiger partial charge in [0.1, 0.15) is 11.3 Å². The summed E-state index contributed by atoms with van der Waals surface area (Å²) in [5.74, 6) is -0.763. The third-order valence-corrected chi connectivity index (χ3v) is 8.90. The van der Waals surface area contributed by atoms with Crippen LogP contribution in [-0.2, 0) is 4.79 Å². The molecule has 4 nitrogen and oxygen atoms in total. The molecule has 4 rings (SSSR count). The highest BCUT2D eigenvalue weighted by atomic mass is 19.1. The number of ketones is 1. The number of Topliss-reactive ketones (excluding diaryl/α,β-unsaturated/α-hetero) is 1. The zero-order chi connectivity index (χ0) is 19.1. The van der Waals surface area contributed by atoms with E-state index in [1.165, 1.54) is 6.92 Å². The number of allylic oxidation sites excluding steroid dienone is 1. The molecule has 4 aliphatic carbocycles. The highest BCUT2D eigenvalue weighted by Crippen LogP contribution is 2.70. The van der Waals surface area contributed by atoms with Crippen LogP contribution in [0.1, 0.15) is 65.7 Å². The second-order valence-corrected chi connectivity index (χ2v) is 9.74. The van der Waals surface area contributed by atoms with Crippen molar-refractivity contribution >= 4 is 5.78 Å². The van der Waals surface area contributed by atoms with Gasteiger partial charge in [-0.05, 0) is 57.8 Å². The van der Waals surface area contributed by atoms with Crippen LogP contribution in [0.25, 0.3) is 0 Å². The van der Waals surface area contributed by atoms with Crippen LogP contribution in [0.2, 0.25) is 0 Å². The number of rotatable bonds is 1. The molecule has 0 amide bonds. The van der Waals surface area contributed by atoms with Crippen molar-refractivity contribution in [3.63, 3.8) is 0 Å². The normalized spacial score (nSPS) is 56.2. The van der Waals surface area contributed by atoms with Gasteiger partial charge in [-0.2, -0.15) is 0 Å². The average molecular weight is 366 g/mol. The first-order chi connectivity index (χ1) is 12.0. The zero-order valence-corrected chi connectivity index (χ0v) is 16.0. The first kappa shape index (κ1) is 18.6. The van der Waals surface area contributed by atoms with Crippen LogP contribution >= 0.6 is 0 Å². The molecule has 0 aromatic rings. The largest absolute Gasteiger partial charge is 0.390 e. The number of halogens is 1. The Bertz CT molecular complexity index is 677. The second-order valence-electron chi connectivity index (χ2n) is 9.74. The molecule has 3 saturated carbocycles. The summed E-state index contributed by atoms with van der Waals surface area (Å²) >= 11 is 0. The van der Waals surface area contributed by atoms with E-state index >= 15 is 4.39 Å². The fraction of sp³-hybridized carbons (Fsp3) is 0.857. The maximum absolute atomic E-state index is 16.8. The summed E-state index contributed by atoms with van der Waals surface area (Å²) in [5.41, 5.74) is -3.89. The molecule has 26 heavy (non-hydrogen) atoms. The molecule has 3 fully saturated rings. The third kappa shape index (κ3) is 1.92. The maximum Gasteiger partial charge on any atom is 0.161 e. The van der Waals surface area contributed by atoms with Crippen molar-refractivity contribution in [2.45, 2.75) is 89.2 Å². The molecule has 5 heteroatoms. The molecule has 0 heterocycles. The Morgan fingerprint density at radius 2 is 1.85 bits per heavy atom. The van der Waals surface area contributed by atoms with Crippen LogP contribution in [-0.4, -0.2) is 44.6 Å². The van der Waals surface area contributed by atoms with E-state index < -0.39 is 34.3 Å². The van der Waals surface area contributed by atoms with Crippen molar-refractivity contribution in [1.29, 1.82) is 0 Å². The number of carbonyl (C=O) groups excluding carboxylic acids is 1. The van der Waals surface area contributed by atoms with Gasteiger partial charge in [0.15, 0.2) is 5.78 Å². The predicted molar refractivity (Wildman–Crippen MR) is 95.1 cm³/mol. The molecule has 0 aliphatic heterocycles. The quantitative estimate of drug-likeness (QED) is 0.624. The molecule has 0 aromatic heterocycles. The van der Waals surface area contributed by atoms with Crippen molar-refractivity contribution < 1.29 is 24.5 Å². The SMILES string of the molecule is CC(=O)[C@@]1(O)CC[C@H]2[C@@H]3CCC4=CC(O)CC[C@]4(C)[C@@]3(F)[C@@H](O)C[C@@]21C. The Hall–Kier alpha value is -0.780. The molecule has 0 spiro atoms. The highest BCUT2D eigenvalue weighted by molar-refractivity contribution is 5.86. The first-order valence-corrected chi connectivity index (χ1v) is 10.0. The monoisotopic (exact) mass is 366 g/mol. The summed E-state index contributed by atoms with van der Waals surface area (Å²) in [4.78, 5) is 12.2. The Labute approximate surface area is 154 Å². The van der Waals surface area contributed by atoms with Gasteiger partial charge in [0.05, 0.1) is 12.2 Å². The van der Waals surface area contributed by atoms with E-state index in [2.05, 4.69) is 0 Å². The number of carbonyl (C=O) groups is 1. The molecule has 3 N–H and O–H groups in total. The minimum absolute atomic E-state index is 0.103. The summed E-state index contributed by atoms with van der Waals surface area (Å²) in [5, 5.41) is 32.2. The third-order valence-electron chi connectivity index (χ3n) is 8.90. The lowest BCUT2D eigenvalue weighted by Gasteiger charge is -2.63. The van der Waals surface area contributed by atoms with Crippen molar-refractivity contribution in [2.75, 3.05) is 0 Å². The lowest BCUT2D eigenvalue weighted by molar-refractivity contribution is -0.227. The van der Waals surface area contributed by atoms with Crippen LogP contribution in [0.15, 0.2) is 11.6 Å². The Kier molecular flexibility index (Phi) is 3.85. The van der Waals surface area contributed by atoms with Gasteiger partial charge in [-0.25, -0.2) is 4.39 Å². The minimum atomic E-state index is -1.77. The van der Waals surface area contributed by atoms with Gasteiger partial charge in [0, 0.05) is 16.7 Å². The summed E-state index contributed by atoms with van der Waals surface area (Å²) in [6.45, 7) is 5.17. The van der Waals surface area contributed by atoms with Crippen LogP contribution in [0.5, 0.6) is 0 Å². The Balaban J connectivity index is 1.80. The van der Waals surface area contributed by atoms with Gasteiger partial charge in [0.2, 0.25) is 0 Å². The molecular formula is C21H31FO4. The van der Waals surface area contributed by atoms with E-state index in [-0.39, 0.29) is 24.0 Å². The first-order valence-electron chi connectivity index (χ1n) is 10.0. The van der Waals surface area contributed by atoms with E-state index in [9.17, 15) is 20.1 Å². The molecule has 0 aromatic carbocycles. The molecule has 146 valence electrons. The molecule has 0 radical (unpaired) electrons. The molecule has 1 unspecified atom stereocenters. The number of fused-ring (bicyclic) bond motifs is 5. The Morgan fingerprint density at radius 3 is 2.50 bits per heavy atom. The number of aliphatic hydroxyl groups is 3. The predicted octanol–water partition coefficient (Wildman–Crippen LogP) is 2.69. The number of hydrogen-bond acceptors (Lipinski definition) is 4. The minimum Gasteiger partial charge on any atom is -0.390 e. The van der Waals surface area contributed by atoms with Crippen molar-refractivity contribution in [1.82, 2.24) is 0 Å². The average Bonchev–Trinajstić information content (AvgIpc) is 2.83. The van der Waals surface area contributed by atoms with Gasteiger partial charge in [-0.15, -0.1) is 0 Å². The number of aliphatic hydroxyl groups excluding tert-OH is 2. The number of alkyl halides is 1. The van der Waals surface area contributed by atoms with Gasteiger partial charge in [0.25, 0.3) is 0 Å². The Morgan fingerprint density at radius 1 is 1.15 bits per heavy atom. The molecule has 0 bridgehead atoms. The van der Waals surface area contributed by atoms with Crippen LogP contribution < -0.4 is 0 Å². The summed E-state index contributed by atoms with van der Waals surface area (Å²) in [7, 11) is 0. The van der Waals surface area contributed by atoms with Crippen molar-refractivity contribution in [3.05, 3.63) is 11.6 Å². The van der Waals surface area contributed by atoms with Gasteiger partial charge >= 0.3 is 0 Å². The molecule has 4 aliphatic rings. The van der Waals surface area contributed by atoms with E-state index in [1.54, 1.807) is 6.08 Å². The fourth-order valence-electron chi connectivity index (χ4n) is 7.30. The smallest absolute Gasteiger partial charge is 0.161 e. The second kappa shape index (κ2) is 5.39. The molecule has 0 saturated heterocycles. The van der Waals surface area contributed by atoms with Crippen LogP contribution in [0, 0.1) is 22.7 Å². The topological polar surface area (TPSA) is 77.8 Å². The summed E-state index contributed by atoms with van der Waals surface area (Å²) in [6.07, 6.45) is 3.44. The van der Waals surface area contributed by atoms with E-state index in [0.29, 0.717) is 38.5 Å². The van der Waals surface area contributed by atoms with Crippen molar-refractivity contribution in [2.24, 2.45) is 22.7 Å². The number of hydrogen-bond donors (Lipinski definition) is 3. The summed E-state index contributed by atoms with van der Waals surface area (Å²) < 4.78 is 16.8. The standard InChI is InChI=1S/C21H31FO4/c1-12(23)20(26)9-7-15-16-5-4-13-10-14(24)6-8-18(13,2)21(16,22)17(25)11-19(15,20)3/h10,14-17,24-26H,4-9,11H2,1-3H3/t14?,15-,16-,17-,18-,19-,20-,21-/m0/s1. The highest BCUT2D eigenvalue weighted by Gasteiger charge is 2.73.